The lowest BCUT2D eigenvalue weighted by Crippen LogP contribution is -2.46. The Kier molecular flexibility index (Phi) is 6.45. The number of carbonyl (C=O) groups excluding carboxylic acids is 2. The van der Waals surface area contributed by atoms with Gasteiger partial charge in [0.05, 0.1) is 5.92 Å². The molecule has 25 heavy (non-hydrogen) atoms. The molecule has 1 aromatic heterocycles. The molecule has 0 radical (unpaired) electrons. The first-order valence-corrected chi connectivity index (χ1v) is 8.37. The van der Waals surface area contributed by atoms with Crippen molar-refractivity contribution in [2.45, 2.75) is 19.8 Å². The van der Waals surface area contributed by atoms with Gasteiger partial charge in [-0.1, -0.05) is 18.2 Å². The largest absolute Gasteiger partial charge is 0.451 e. The van der Waals surface area contributed by atoms with E-state index in [1.54, 1.807) is 4.90 Å². The minimum absolute atomic E-state index is 0. The van der Waals surface area contributed by atoms with E-state index in [2.05, 4.69) is 5.32 Å². The Hall–Kier alpha value is -2.05. The summed E-state index contributed by atoms with van der Waals surface area (Å²) in [7, 11) is 0. The number of furan rings is 1. The van der Waals surface area contributed by atoms with Crippen molar-refractivity contribution in [3.05, 3.63) is 35.6 Å². The summed E-state index contributed by atoms with van der Waals surface area (Å²) in [5, 5.41) is 3.76. The highest BCUT2D eigenvalue weighted by Crippen LogP contribution is 2.27. The molecular formula is C18H24ClN3O3. The molecule has 2 aromatic rings. The lowest BCUT2D eigenvalue weighted by atomic mass is 9.96. The maximum Gasteiger partial charge on any atom is 0.289 e. The van der Waals surface area contributed by atoms with Crippen molar-refractivity contribution < 1.29 is 14.0 Å². The molecule has 2 heterocycles. The van der Waals surface area contributed by atoms with Gasteiger partial charge in [0.25, 0.3) is 5.91 Å². The van der Waals surface area contributed by atoms with E-state index in [1.807, 2.05) is 31.2 Å². The van der Waals surface area contributed by atoms with E-state index in [4.69, 9.17) is 10.2 Å². The van der Waals surface area contributed by atoms with Gasteiger partial charge in [-0.2, -0.15) is 0 Å². The van der Waals surface area contributed by atoms with E-state index in [9.17, 15) is 9.59 Å². The van der Waals surface area contributed by atoms with Gasteiger partial charge in [0.1, 0.15) is 5.58 Å². The maximum atomic E-state index is 12.9. The third-order valence-corrected chi connectivity index (χ3v) is 4.56. The Bertz CT molecular complexity index is 759. The molecule has 1 aliphatic rings. The zero-order chi connectivity index (χ0) is 17.1. The van der Waals surface area contributed by atoms with Crippen LogP contribution in [0.5, 0.6) is 0 Å². The van der Waals surface area contributed by atoms with Crippen LogP contribution < -0.4 is 11.1 Å². The molecule has 2 amide bonds. The van der Waals surface area contributed by atoms with Crippen LogP contribution in [0.3, 0.4) is 0 Å². The number of rotatable bonds is 4. The van der Waals surface area contributed by atoms with Crippen LogP contribution in [0, 0.1) is 12.8 Å². The molecule has 1 unspecified atom stereocenters. The predicted molar refractivity (Wildman–Crippen MR) is 98.9 cm³/mol. The quantitative estimate of drug-likeness (QED) is 0.868. The zero-order valence-electron chi connectivity index (χ0n) is 14.3. The number of likely N-dealkylation sites (tertiary alicyclic amines) is 1. The van der Waals surface area contributed by atoms with Gasteiger partial charge in [0.2, 0.25) is 5.91 Å². The van der Waals surface area contributed by atoms with Crippen LogP contribution in [0.15, 0.2) is 28.7 Å². The van der Waals surface area contributed by atoms with Gasteiger partial charge < -0.3 is 20.4 Å². The summed E-state index contributed by atoms with van der Waals surface area (Å²) >= 11 is 0. The molecule has 3 rings (SSSR count). The lowest BCUT2D eigenvalue weighted by Gasteiger charge is -2.31. The fraction of sp³-hybridized carbons (Fsp3) is 0.444. The van der Waals surface area contributed by atoms with Crippen molar-refractivity contribution in [2.24, 2.45) is 11.7 Å². The number of hydrogen-bond donors (Lipinski definition) is 2. The summed E-state index contributed by atoms with van der Waals surface area (Å²) in [6, 6.07) is 7.62. The minimum atomic E-state index is -0.182. The molecule has 6 nitrogen and oxygen atoms in total. The number of carbonyl (C=O) groups is 2. The van der Waals surface area contributed by atoms with E-state index < -0.39 is 0 Å². The second-order valence-corrected chi connectivity index (χ2v) is 6.22. The van der Waals surface area contributed by atoms with Gasteiger partial charge in [-0.3, -0.25) is 9.59 Å². The molecule has 136 valence electrons. The Morgan fingerprint density at radius 3 is 2.84 bits per heavy atom. The van der Waals surface area contributed by atoms with E-state index in [0.717, 1.165) is 23.8 Å². The molecule has 0 aliphatic carbocycles. The molecule has 1 aliphatic heterocycles. The third kappa shape index (κ3) is 3.96. The second-order valence-electron chi connectivity index (χ2n) is 6.22. The SMILES string of the molecule is Cc1c(C(=O)N2CCCC(C(=O)NCCN)C2)oc2ccccc12.Cl. The second kappa shape index (κ2) is 8.36. The average molecular weight is 366 g/mol. The van der Waals surface area contributed by atoms with Crippen LogP contribution in [0.2, 0.25) is 0 Å². The van der Waals surface area contributed by atoms with E-state index in [-0.39, 0.29) is 30.1 Å². The molecule has 0 spiro atoms. The molecular weight excluding hydrogens is 342 g/mol. The van der Waals surface area contributed by atoms with Crippen molar-refractivity contribution in [3.8, 4) is 0 Å². The first kappa shape index (κ1) is 19.3. The zero-order valence-corrected chi connectivity index (χ0v) is 15.1. The van der Waals surface area contributed by atoms with E-state index in [0.29, 0.717) is 37.5 Å². The van der Waals surface area contributed by atoms with E-state index >= 15 is 0 Å². The highest BCUT2D eigenvalue weighted by atomic mass is 35.5. The number of amides is 2. The molecule has 7 heteroatoms. The molecule has 1 fully saturated rings. The molecule has 0 saturated carbocycles. The number of nitrogens with one attached hydrogen (secondary N) is 1. The average Bonchev–Trinajstić information content (AvgIpc) is 2.96. The maximum absolute atomic E-state index is 12.9. The van der Waals surface area contributed by atoms with Gasteiger partial charge in [-0.15, -0.1) is 12.4 Å². The summed E-state index contributed by atoms with van der Waals surface area (Å²) in [6.45, 7) is 3.85. The summed E-state index contributed by atoms with van der Waals surface area (Å²) < 4.78 is 5.77. The Labute approximate surface area is 153 Å². The summed E-state index contributed by atoms with van der Waals surface area (Å²) in [5.41, 5.74) is 6.99. The smallest absolute Gasteiger partial charge is 0.289 e. The van der Waals surface area contributed by atoms with Gasteiger partial charge >= 0.3 is 0 Å². The molecule has 1 aromatic carbocycles. The van der Waals surface area contributed by atoms with Crippen LogP contribution in [0.4, 0.5) is 0 Å². The van der Waals surface area contributed by atoms with Gasteiger partial charge in [-0.05, 0) is 25.8 Å². The highest BCUT2D eigenvalue weighted by molar-refractivity contribution is 5.99. The highest BCUT2D eigenvalue weighted by Gasteiger charge is 2.31. The van der Waals surface area contributed by atoms with Gasteiger partial charge in [-0.25, -0.2) is 0 Å². The number of para-hydroxylation sites is 1. The number of piperidine rings is 1. The monoisotopic (exact) mass is 365 g/mol. The molecule has 0 bridgehead atoms. The number of fused-ring (bicyclic) bond motifs is 1. The number of nitrogens with zero attached hydrogens (tertiary/aromatic N) is 1. The van der Waals surface area contributed by atoms with Crippen LogP contribution in [0.25, 0.3) is 11.0 Å². The van der Waals surface area contributed by atoms with Crippen molar-refractivity contribution in [1.82, 2.24) is 10.2 Å². The van der Waals surface area contributed by atoms with Gasteiger partial charge in [0, 0.05) is 37.1 Å². The standard InChI is InChI=1S/C18H23N3O3.ClH/c1-12-14-6-2-3-7-15(14)24-16(12)18(23)21-10-4-5-13(11-21)17(22)20-9-8-19;/h2-3,6-7,13H,4-5,8-11,19H2,1H3,(H,20,22);1H. The van der Waals surface area contributed by atoms with Crippen molar-refractivity contribution in [2.75, 3.05) is 26.2 Å². The van der Waals surface area contributed by atoms with Crippen LogP contribution >= 0.6 is 12.4 Å². The summed E-state index contributed by atoms with van der Waals surface area (Å²) in [5.74, 6) is 0.0254. The predicted octanol–water partition coefficient (Wildman–Crippen LogP) is 2.09. The number of aryl methyl sites for hydroxylation is 1. The van der Waals surface area contributed by atoms with Gasteiger partial charge in [0.15, 0.2) is 5.76 Å². The Morgan fingerprint density at radius 1 is 1.36 bits per heavy atom. The third-order valence-electron chi connectivity index (χ3n) is 4.56. The lowest BCUT2D eigenvalue weighted by molar-refractivity contribution is -0.126. The molecule has 1 saturated heterocycles. The fourth-order valence-corrected chi connectivity index (χ4v) is 3.24. The van der Waals surface area contributed by atoms with Crippen molar-refractivity contribution in [1.29, 1.82) is 0 Å². The Balaban J connectivity index is 0.00000225. The minimum Gasteiger partial charge on any atom is -0.451 e. The first-order chi connectivity index (χ1) is 11.6. The number of nitrogens with two attached hydrogens (primary N) is 1. The Morgan fingerprint density at radius 2 is 2.12 bits per heavy atom. The molecule has 3 N–H and O–H groups in total. The van der Waals surface area contributed by atoms with Crippen LogP contribution in [0.1, 0.15) is 29.0 Å². The summed E-state index contributed by atoms with van der Waals surface area (Å²) in [4.78, 5) is 26.7. The first-order valence-electron chi connectivity index (χ1n) is 8.37. The summed E-state index contributed by atoms with van der Waals surface area (Å²) in [6.07, 6.45) is 1.60. The van der Waals surface area contributed by atoms with Crippen LogP contribution in [-0.4, -0.2) is 42.9 Å². The molecule has 1 atom stereocenters. The number of benzene rings is 1. The number of hydrogen-bond acceptors (Lipinski definition) is 4. The topological polar surface area (TPSA) is 88.6 Å². The van der Waals surface area contributed by atoms with E-state index in [1.165, 1.54) is 0 Å². The number of halogens is 1. The van der Waals surface area contributed by atoms with Crippen LogP contribution in [-0.2, 0) is 4.79 Å². The van der Waals surface area contributed by atoms with Crippen molar-refractivity contribution >= 4 is 35.2 Å². The normalized spacial score (nSPS) is 17.2. The van der Waals surface area contributed by atoms with Crippen molar-refractivity contribution in [3.63, 3.8) is 0 Å². The fourth-order valence-electron chi connectivity index (χ4n) is 3.24.